The van der Waals surface area contributed by atoms with E-state index in [9.17, 15) is 9.90 Å². The van der Waals surface area contributed by atoms with E-state index in [-0.39, 0.29) is 11.8 Å². The first-order valence-corrected chi connectivity index (χ1v) is 7.18. The van der Waals surface area contributed by atoms with Crippen LogP contribution in [0.4, 0.5) is 0 Å². The molecule has 2 N–H and O–H groups in total. The minimum absolute atomic E-state index is 0.102. The van der Waals surface area contributed by atoms with Crippen molar-refractivity contribution in [1.29, 1.82) is 0 Å². The van der Waals surface area contributed by atoms with Crippen LogP contribution < -0.4 is 5.32 Å². The molecule has 0 aromatic heterocycles. The third-order valence-electron chi connectivity index (χ3n) is 3.32. The normalized spacial score (nSPS) is 12.6. The molecule has 0 amide bonds. The largest absolute Gasteiger partial charge is 0.386 e. The number of ketones is 1. The number of carbonyl (C=O) groups excluding carboxylic acids is 1. The van der Waals surface area contributed by atoms with E-state index in [0.717, 1.165) is 5.56 Å². The number of hydrogen-bond acceptors (Lipinski definition) is 3. The van der Waals surface area contributed by atoms with Gasteiger partial charge in [0, 0.05) is 17.8 Å². The average Bonchev–Trinajstić information content (AvgIpc) is 2.59. The Bertz CT molecular complexity index is 658. The molecule has 0 fully saturated rings. The van der Waals surface area contributed by atoms with Gasteiger partial charge in [-0.1, -0.05) is 66.4 Å². The standard InChI is InChI=1S/C19H19NO2/c1-15(19(22)17-11-6-3-7-12-17)20-14-8-13-18(21)16-9-4-2-5-10-16/h2-7,9-15,19-20,22H,1H3. The third-order valence-corrected chi connectivity index (χ3v) is 3.32. The highest BCUT2D eigenvalue weighted by atomic mass is 16.3. The molecule has 2 rings (SSSR count). The summed E-state index contributed by atoms with van der Waals surface area (Å²) < 4.78 is 0. The van der Waals surface area contributed by atoms with E-state index in [1.165, 1.54) is 6.08 Å². The second-order valence-electron chi connectivity index (χ2n) is 5.00. The van der Waals surface area contributed by atoms with Crippen LogP contribution >= 0.6 is 0 Å². The Balaban J connectivity index is 1.91. The maximum absolute atomic E-state index is 11.8. The van der Waals surface area contributed by atoms with Crippen molar-refractivity contribution in [1.82, 2.24) is 5.32 Å². The monoisotopic (exact) mass is 293 g/mol. The third kappa shape index (κ3) is 4.45. The van der Waals surface area contributed by atoms with Crippen LogP contribution in [0.25, 0.3) is 0 Å². The van der Waals surface area contributed by atoms with Crippen molar-refractivity contribution in [2.75, 3.05) is 0 Å². The van der Waals surface area contributed by atoms with Gasteiger partial charge in [0.25, 0.3) is 0 Å². The Morgan fingerprint density at radius 3 is 2.32 bits per heavy atom. The molecule has 0 aliphatic carbocycles. The number of aliphatic hydroxyl groups excluding tert-OH is 1. The van der Waals surface area contributed by atoms with Gasteiger partial charge in [-0.15, -0.1) is 0 Å². The predicted octanol–water partition coefficient (Wildman–Crippen LogP) is 3.25. The van der Waals surface area contributed by atoms with Gasteiger partial charge in [-0.05, 0) is 12.5 Å². The maximum Gasteiger partial charge on any atom is 0.193 e. The van der Waals surface area contributed by atoms with E-state index in [2.05, 4.69) is 11.0 Å². The van der Waals surface area contributed by atoms with Gasteiger partial charge < -0.3 is 10.4 Å². The van der Waals surface area contributed by atoms with Crippen LogP contribution in [-0.4, -0.2) is 16.9 Å². The highest BCUT2D eigenvalue weighted by molar-refractivity contribution is 6.04. The summed E-state index contributed by atoms with van der Waals surface area (Å²) >= 11 is 0. The van der Waals surface area contributed by atoms with Crippen molar-refractivity contribution >= 4 is 5.78 Å². The molecule has 0 bridgehead atoms. The van der Waals surface area contributed by atoms with Gasteiger partial charge >= 0.3 is 0 Å². The number of benzene rings is 2. The Hall–Kier alpha value is -2.61. The summed E-state index contributed by atoms with van der Waals surface area (Å²) in [5, 5.41) is 13.2. The smallest absolute Gasteiger partial charge is 0.193 e. The van der Waals surface area contributed by atoms with Gasteiger partial charge in [-0.25, -0.2) is 0 Å². The molecule has 2 atom stereocenters. The Labute approximate surface area is 130 Å². The summed E-state index contributed by atoms with van der Waals surface area (Å²) in [6, 6.07) is 18.3. The SMILES string of the molecule is CC(NC=C=CC(=O)c1ccccc1)C(O)c1ccccc1. The van der Waals surface area contributed by atoms with E-state index in [0.29, 0.717) is 5.56 Å². The fourth-order valence-electron chi connectivity index (χ4n) is 2.01. The Kier molecular flexibility index (Phi) is 5.73. The number of hydrogen-bond donors (Lipinski definition) is 2. The van der Waals surface area contributed by atoms with Crippen molar-refractivity contribution in [3.05, 3.63) is 89.8 Å². The zero-order chi connectivity index (χ0) is 15.8. The minimum atomic E-state index is -0.621. The molecule has 0 aliphatic rings. The topological polar surface area (TPSA) is 49.3 Å². The number of carbonyl (C=O) groups is 1. The first-order valence-electron chi connectivity index (χ1n) is 7.18. The second kappa shape index (κ2) is 7.99. The van der Waals surface area contributed by atoms with Gasteiger partial charge in [0.15, 0.2) is 5.78 Å². The first kappa shape index (κ1) is 15.8. The lowest BCUT2D eigenvalue weighted by atomic mass is 10.0. The van der Waals surface area contributed by atoms with Gasteiger partial charge in [0.2, 0.25) is 0 Å². The van der Waals surface area contributed by atoms with E-state index in [1.54, 1.807) is 18.3 Å². The lowest BCUT2D eigenvalue weighted by Crippen LogP contribution is -2.27. The van der Waals surface area contributed by atoms with Gasteiger partial charge in [0.1, 0.15) is 0 Å². The first-order chi connectivity index (χ1) is 10.7. The second-order valence-corrected chi connectivity index (χ2v) is 5.00. The fraction of sp³-hybridized carbons (Fsp3) is 0.158. The van der Waals surface area contributed by atoms with Crippen LogP contribution in [0.15, 0.2) is 78.7 Å². The molecule has 2 aromatic carbocycles. The molecule has 0 saturated carbocycles. The van der Waals surface area contributed by atoms with Gasteiger partial charge in [-0.2, -0.15) is 0 Å². The van der Waals surface area contributed by atoms with E-state index < -0.39 is 6.10 Å². The van der Waals surface area contributed by atoms with Crippen molar-refractivity contribution in [2.24, 2.45) is 0 Å². The summed E-state index contributed by atoms with van der Waals surface area (Å²) in [5.74, 6) is -0.102. The number of allylic oxidation sites excluding steroid dienone is 1. The number of rotatable bonds is 6. The van der Waals surface area contributed by atoms with Crippen LogP contribution in [0, 0.1) is 0 Å². The maximum atomic E-state index is 11.8. The van der Waals surface area contributed by atoms with Gasteiger partial charge in [-0.3, -0.25) is 4.79 Å². The Morgan fingerprint density at radius 2 is 1.68 bits per heavy atom. The van der Waals surface area contributed by atoms with E-state index >= 15 is 0 Å². The summed E-state index contributed by atoms with van der Waals surface area (Å²) in [7, 11) is 0. The summed E-state index contributed by atoms with van der Waals surface area (Å²) in [6.45, 7) is 1.87. The van der Waals surface area contributed by atoms with Crippen LogP contribution in [0.1, 0.15) is 28.9 Å². The molecule has 3 heteroatoms. The van der Waals surface area contributed by atoms with Crippen molar-refractivity contribution < 1.29 is 9.90 Å². The quantitative estimate of drug-likeness (QED) is 0.488. The molecule has 22 heavy (non-hydrogen) atoms. The fourth-order valence-corrected chi connectivity index (χ4v) is 2.01. The molecule has 3 nitrogen and oxygen atoms in total. The number of aliphatic hydroxyl groups is 1. The van der Waals surface area contributed by atoms with Crippen LogP contribution in [0.2, 0.25) is 0 Å². The van der Waals surface area contributed by atoms with Gasteiger partial charge in [0.05, 0.1) is 12.1 Å². The zero-order valence-corrected chi connectivity index (χ0v) is 12.4. The molecule has 2 aromatic rings. The predicted molar refractivity (Wildman–Crippen MR) is 87.4 cm³/mol. The van der Waals surface area contributed by atoms with Crippen molar-refractivity contribution in [3.63, 3.8) is 0 Å². The molecule has 0 saturated heterocycles. The summed E-state index contributed by atoms with van der Waals surface area (Å²) in [4.78, 5) is 11.8. The van der Waals surface area contributed by atoms with Crippen LogP contribution in [-0.2, 0) is 0 Å². The van der Waals surface area contributed by atoms with E-state index in [4.69, 9.17) is 0 Å². The lowest BCUT2D eigenvalue weighted by molar-refractivity contribution is 0.104. The van der Waals surface area contributed by atoms with Crippen molar-refractivity contribution in [3.8, 4) is 0 Å². The molecule has 2 unspecified atom stereocenters. The summed E-state index contributed by atoms with van der Waals surface area (Å²) in [6.07, 6.45) is 2.31. The molecule has 0 heterocycles. The molecule has 0 aliphatic heterocycles. The van der Waals surface area contributed by atoms with Crippen LogP contribution in [0.5, 0.6) is 0 Å². The molecular formula is C19H19NO2. The van der Waals surface area contributed by atoms with Crippen molar-refractivity contribution in [2.45, 2.75) is 19.1 Å². The summed E-state index contributed by atoms with van der Waals surface area (Å²) in [5.41, 5.74) is 4.27. The molecular weight excluding hydrogens is 274 g/mol. The number of nitrogens with one attached hydrogen (secondary N) is 1. The molecule has 112 valence electrons. The molecule has 0 radical (unpaired) electrons. The van der Waals surface area contributed by atoms with E-state index in [1.807, 2.05) is 55.5 Å². The lowest BCUT2D eigenvalue weighted by Gasteiger charge is -2.18. The zero-order valence-electron chi connectivity index (χ0n) is 12.4. The molecule has 0 spiro atoms. The highest BCUT2D eigenvalue weighted by Gasteiger charge is 2.13. The van der Waals surface area contributed by atoms with Crippen LogP contribution in [0.3, 0.4) is 0 Å². The average molecular weight is 293 g/mol. The Morgan fingerprint density at radius 1 is 1.09 bits per heavy atom. The minimum Gasteiger partial charge on any atom is -0.386 e. The highest BCUT2D eigenvalue weighted by Crippen LogP contribution is 2.15.